The third-order valence-corrected chi connectivity index (χ3v) is 4.02. The number of rotatable bonds is 3. The highest BCUT2D eigenvalue weighted by atomic mass is 16.7. The van der Waals surface area contributed by atoms with Crippen molar-refractivity contribution in [1.82, 2.24) is 5.32 Å². The van der Waals surface area contributed by atoms with Crippen molar-refractivity contribution in [3.8, 4) is 0 Å². The summed E-state index contributed by atoms with van der Waals surface area (Å²) in [6.07, 6.45) is 5.92. The minimum Gasteiger partial charge on any atom is -0.468 e. The molecule has 0 bridgehead atoms. The fraction of sp³-hybridized carbons (Fsp3) is 0.714. The molecule has 3 rings (SSSR count). The van der Waals surface area contributed by atoms with Gasteiger partial charge in [0, 0.05) is 18.9 Å². The van der Waals surface area contributed by atoms with Gasteiger partial charge in [-0.3, -0.25) is 0 Å². The maximum atomic E-state index is 5.74. The molecule has 1 saturated heterocycles. The number of furan rings is 1. The van der Waals surface area contributed by atoms with Gasteiger partial charge in [-0.05, 0) is 31.9 Å². The highest BCUT2D eigenvalue weighted by Gasteiger charge is 2.40. The predicted molar refractivity (Wildman–Crippen MR) is 67.1 cm³/mol. The summed E-state index contributed by atoms with van der Waals surface area (Å²) in [7, 11) is 0. The summed E-state index contributed by atoms with van der Waals surface area (Å²) in [6, 6.07) is 4.75. The van der Waals surface area contributed by atoms with Crippen LogP contribution in [0.3, 0.4) is 0 Å². The van der Waals surface area contributed by atoms with Crippen molar-refractivity contribution in [3.05, 3.63) is 24.2 Å². The van der Waals surface area contributed by atoms with Crippen LogP contribution in [0.5, 0.6) is 0 Å². The minimum absolute atomic E-state index is 0.258. The molecule has 1 atom stereocenters. The zero-order valence-corrected chi connectivity index (χ0v) is 10.9. The molecule has 0 unspecified atom stereocenters. The first-order valence-electron chi connectivity index (χ1n) is 6.85. The van der Waals surface area contributed by atoms with Gasteiger partial charge in [-0.25, -0.2) is 0 Å². The molecule has 18 heavy (non-hydrogen) atoms. The third-order valence-electron chi connectivity index (χ3n) is 4.02. The van der Waals surface area contributed by atoms with E-state index in [1.165, 1.54) is 0 Å². The van der Waals surface area contributed by atoms with Gasteiger partial charge in [-0.2, -0.15) is 0 Å². The van der Waals surface area contributed by atoms with E-state index in [1.54, 1.807) is 6.26 Å². The molecular formula is C14H21NO3. The molecule has 100 valence electrons. The molecule has 1 aliphatic carbocycles. The lowest BCUT2D eigenvalue weighted by Gasteiger charge is -2.36. The summed E-state index contributed by atoms with van der Waals surface area (Å²) < 4.78 is 16.9. The number of hydrogen-bond acceptors (Lipinski definition) is 4. The van der Waals surface area contributed by atoms with Crippen LogP contribution >= 0.6 is 0 Å². The van der Waals surface area contributed by atoms with Crippen LogP contribution in [-0.2, 0) is 9.47 Å². The molecule has 1 aromatic rings. The molecule has 1 N–H and O–H groups in total. The topological polar surface area (TPSA) is 43.6 Å². The Hall–Kier alpha value is -0.840. The fourth-order valence-corrected chi connectivity index (χ4v) is 2.98. The first-order chi connectivity index (χ1) is 8.77. The lowest BCUT2D eigenvalue weighted by molar-refractivity contribution is -0.179. The second kappa shape index (κ2) is 5.03. The molecule has 4 nitrogen and oxygen atoms in total. The maximum Gasteiger partial charge on any atom is 0.168 e. The van der Waals surface area contributed by atoms with Crippen LogP contribution in [0.2, 0.25) is 0 Å². The van der Waals surface area contributed by atoms with Crippen molar-refractivity contribution >= 4 is 0 Å². The van der Waals surface area contributed by atoms with Crippen LogP contribution in [-0.4, -0.2) is 25.0 Å². The van der Waals surface area contributed by atoms with Gasteiger partial charge in [0.15, 0.2) is 5.79 Å². The van der Waals surface area contributed by atoms with E-state index in [-0.39, 0.29) is 11.8 Å². The molecule has 1 saturated carbocycles. The molecule has 4 heteroatoms. The average Bonchev–Trinajstić information content (AvgIpc) is 3.04. The molecule has 0 amide bonds. The Morgan fingerprint density at radius 1 is 1.28 bits per heavy atom. The van der Waals surface area contributed by atoms with Crippen LogP contribution in [0.1, 0.15) is 44.4 Å². The van der Waals surface area contributed by atoms with E-state index in [9.17, 15) is 0 Å². The standard InChI is InChI=1S/C14H21NO3/c1-11(13-3-2-8-16-13)15-12-4-6-14(7-5-12)17-9-10-18-14/h2-3,8,11-12,15H,4-7,9-10H2,1H3/t11-/m0/s1. The molecule has 2 fully saturated rings. The predicted octanol–water partition coefficient (Wildman–Crippen LogP) is 2.62. The number of nitrogens with one attached hydrogen (secondary N) is 1. The van der Waals surface area contributed by atoms with Crippen LogP contribution < -0.4 is 5.32 Å². The van der Waals surface area contributed by atoms with Crippen molar-refractivity contribution < 1.29 is 13.9 Å². The van der Waals surface area contributed by atoms with Gasteiger partial charge in [0.1, 0.15) is 5.76 Å². The fourth-order valence-electron chi connectivity index (χ4n) is 2.98. The Bertz CT molecular complexity index is 360. The van der Waals surface area contributed by atoms with Crippen LogP contribution in [0, 0.1) is 0 Å². The minimum atomic E-state index is -0.258. The third kappa shape index (κ3) is 2.46. The van der Waals surface area contributed by atoms with E-state index in [2.05, 4.69) is 12.2 Å². The molecule has 0 radical (unpaired) electrons. The van der Waals surface area contributed by atoms with Gasteiger partial charge in [-0.1, -0.05) is 0 Å². The Balaban J connectivity index is 1.51. The summed E-state index contributed by atoms with van der Waals surface area (Å²) in [4.78, 5) is 0. The Labute approximate surface area is 108 Å². The molecular weight excluding hydrogens is 230 g/mol. The normalized spacial score (nSPS) is 25.6. The lowest BCUT2D eigenvalue weighted by atomic mass is 9.89. The molecule has 2 aliphatic rings. The van der Waals surface area contributed by atoms with Crippen LogP contribution in [0.25, 0.3) is 0 Å². The lowest BCUT2D eigenvalue weighted by Crippen LogP contribution is -2.42. The van der Waals surface area contributed by atoms with Crippen LogP contribution in [0.4, 0.5) is 0 Å². The van der Waals surface area contributed by atoms with Crippen molar-refractivity contribution in [2.45, 2.75) is 50.5 Å². The highest BCUT2D eigenvalue weighted by molar-refractivity contribution is 5.03. The Kier molecular flexibility index (Phi) is 3.41. The average molecular weight is 251 g/mol. The van der Waals surface area contributed by atoms with Gasteiger partial charge >= 0.3 is 0 Å². The largest absolute Gasteiger partial charge is 0.468 e. The second-order valence-electron chi connectivity index (χ2n) is 5.29. The molecule has 2 heterocycles. The summed E-state index contributed by atoms with van der Waals surface area (Å²) in [5.41, 5.74) is 0. The summed E-state index contributed by atoms with van der Waals surface area (Å²) in [6.45, 7) is 3.65. The Morgan fingerprint density at radius 3 is 2.61 bits per heavy atom. The first kappa shape index (κ1) is 12.2. The van der Waals surface area contributed by atoms with Crippen molar-refractivity contribution in [3.63, 3.8) is 0 Å². The van der Waals surface area contributed by atoms with E-state index in [1.807, 2.05) is 12.1 Å². The first-order valence-corrected chi connectivity index (χ1v) is 6.85. The number of ether oxygens (including phenoxy) is 2. The van der Waals surface area contributed by atoms with E-state index >= 15 is 0 Å². The molecule has 1 aliphatic heterocycles. The zero-order chi connectivity index (χ0) is 12.4. The van der Waals surface area contributed by atoms with Crippen LogP contribution in [0.15, 0.2) is 22.8 Å². The number of hydrogen-bond donors (Lipinski definition) is 1. The van der Waals surface area contributed by atoms with Gasteiger partial charge in [0.2, 0.25) is 0 Å². The van der Waals surface area contributed by atoms with Gasteiger partial charge in [0.25, 0.3) is 0 Å². The smallest absolute Gasteiger partial charge is 0.168 e. The van der Waals surface area contributed by atoms with Crippen molar-refractivity contribution in [2.75, 3.05) is 13.2 Å². The van der Waals surface area contributed by atoms with E-state index in [0.717, 1.165) is 44.7 Å². The summed E-state index contributed by atoms with van der Waals surface area (Å²) in [5, 5.41) is 3.62. The molecule has 1 aromatic heterocycles. The summed E-state index contributed by atoms with van der Waals surface area (Å²) >= 11 is 0. The SMILES string of the molecule is C[C@H](NC1CCC2(CC1)OCCO2)c1ccco1. The monoisotopic (exact) mass is 251 g/mol. The quantitative estimate of drug-likeness (QED) is 0.896. The van der Waals surface area contributed by atoms with E-state index in [4.69, 9.17) is 13.9 Å². The van der Waals surface area contributed by atoms with E-state index < -0.39 is 0 Å². The maximum absolute atomic E-state index is 5.74. The zero-order valence-electron chi connectivity index (χ0n) is 10.9. The van der Waals surface area contributed by atoms with Crippen molar-refractivity contribution in [1.29, 1.82) is 0 Å². The van der Waals surface area contributed by atoms with Gasteiger partial charge < -0.3 is 19.2 Å². The molecule has 0 aromatic carbocycles. The van der Waals surface area contributed by atoms with E-state index in [0.29, 0.717) is 6.04 Å². The second-order valence-corrected chi connectivity index (χ2v) is 5.29. The van der Waals surface area contributed by atoms with Gasteiger partial charge in [0.05, 0.1) is 25.5 Å². The molecule has 1 spiro atoms. The van der Waals surface area contributed by atoms with Gasteiger partial charge in [-0.15, -0.1) is 0 Å². The van der Waals surface area contributed by atoms with Crippen molar-refractivity contribution in [2.24, 2.45) is 0 Å². The Morgan fingerprint density at radius 2 is 2.00 bits per heavy atom. The summed E-state index contributed by atoms with van der Waals surface area (Å²) in [5.74, 6) is 0.746. The highest BCUT2D eigenvalue weighted by Crippen LogP contribution is 2.36.